The topological polar surface area (TPSA) is 42.3 Å². The summed E-state index contributed by atoms with van der Waals surface area (Å²) >= 11 is 9.35. The third-order valence-corrected chi connectivity index (χ3v) is 5.37. The van der Waals surface area contributed by atoms with Crippen molar-refractivity contribution in [3.05, 3.63) is 103 Å². The zero-order chi connectivity index (χ0) is 19.4. The van der Waals surface area contributed by atoms with Crippen LogP contribution < -0.4 is 0 Å². The summed E-state index contributed by atoms with van der Waals surface area (Å²) in [6.07, 6.45) is 1.35. The molecule has 0 aliphatic rings. The molecule has 0 N–H and O–H groups in total. The van der Waals surface area contributed by atoms with E-state index in [4.69, 9.17) is 11.6 Å². The van der Waals surface area contributed by atoms with Crippen molar-refractivity contribution in [3.63, 3.8) is 0 Å². The second-order valence-corrected chi connectivity index (χ2v) is 7.65. The number of aromatic nitrogens is 1. The molecule has 2 unspecified atom stereocenters. The Kier molecular flexibility index (Phi) is 6.34. The van der Waals surface area contributed by atoms with Crippen LogP contribution in [0.3, 0.4) is 0 Å². The van der Waals surface area contributed by atoms with Crippen molar-refractivity contribution >= 4 is 27.5 Å². The van der Waals surface area contributed by atoms with Gasteiger partial charge in [-0.3, -0.25) is 0 Å². The van der Waals surface area contributed by atoms with Crippen molar-refractivity contribution in [3.8, 4) is 0 Å². The van der Waals surface area contributed by atoms with Gasteiger partial charge in [0.2, 0.25) is 0 Å². The number of nitroso groups, excluding NO2 is 1. The summed E-state index contributed by atoms with van der Waals surface area (Å²) in [5, 5.41) is 3.35. The Morgan fingerprint density at radius 2 is 1.85 bits per heavy atom. The highest BCUT2D eigenvalue weighted by Gasteiger charge is 2.25. The van der Waals surface area contributed by atoms with E-state index in [9.17, 15) is 9.30 Å². The molecule has 2 atom stereocenters. The maximum absolute atomic E-state index is 14.3. The predicted molar refractivity (Wildman–Crippen MR) is 110 cm³/mol. The molecular formula is C21H17BrClFN2O. The maximum Gasteiger partial charge on any atom is 0.147 e. The van der Waals surface area contributed by atoms with Gasteiger partial charge < -0.3 is 0 Å². The second-order valence-electron chi connectivity index (χ2n) is 6.35. The Morgan fingerprint density at radius 3 is 2.52 bits per heavy atom. The van der Waals surface area contributed by atoms with Crippen molar-refractivity contribution in [2.45, 2.75) is 25.3 Å². The number of hydrogen-bond acceptors (Lipinski definition) is 3. The van der Waals surface area contributed by atoms with E-state index in [-0.39, 0.29) is 16.6 Å². The summed E-state index contributed by atoms with van der Waals surface area (Å²) in [7, 11) is 0. The molecule has 0 bridgehead atoms. The van der Waals surface area contributed by atoms with E-state index >= 15 is 0 Å². The summed E-state index contributed by atoms with van der Waals surface area (Å²) in [6, 6.07) is 16.4. The molecule has 27 heavy (non-hydrogen) atoms. The van der Waals surface area contributed by atoms with Crippen molar-refractivity contribution in [2.75, 3.05) is 0 Å². The highest BCUT2D eigenvalue weighted by Crippen LogP contribution is 2.38. The molecule has 0 aliphatic carbocycles. The molecule has 0 amide bonds. The molecule has 0 saturated carbocycles. The van der Waals surface area contributed by atoms with Gasteiger partial charge in [0.25, 0.3) is 0 Å². The minimum absolute atomic E-state index is 0.117. The van der Waals surface area contributed by atoms with Gasteiger partial charge in [0.05, 0.1) is 6.20 Å². The van der Waals surface area contributed by atoms with E-state index < -0.39 is 11.9 Å². The fraction of sp³-hybridized carbons (Fsp3) is 0.190. The van der Waals surface area contributed by atoms with Crippen LogP contribution >= 0.6 is 27.5 Å². The van der Waals surface area contributed by atoms with E-state index in [0.29, 0.717) is 6.42 Å². The monoisotopic (exact) mass is 446 g/mol. The number of benzene rings is 2. The summed E-state index contributed by atoms with van der Waals surface area (Å²) in [4.78, 5) is 15.3. The van der Waals surface area contributed by atoms with Crippen LogP contribution in [0.2, 0.25) is 5.15 Å². The third kappa shape index (κ3) is 4.60. The normalized spacial score (nSPS) is 13.2. The lowest BCUT2D eigenvalue weighted by molar-refractivity contribution is 0.538. The highest BCUT2D eigenvalue weighted by molar-refractivity contribution is 9.10. The lowest BCUT2D eigenvalue weighted by atomic mass is 9.82. The molecule has 1 heterocycles. The van der Waals surface area contributed by atoms with Gasteiger partial charge in [0.1, 0.15) is 17.0 Å². The SMILES string of the molecule is Cc1ccccc1C(CC(N=O)c1cc(Cl)ncc1F)c1ccc(Br)cc1. The zero-order valence-electron chi connectivity index (χ0n) is 14.6. The number of hydrogen-bond donors (Lipinski definition) is 0. The van der Waals surface area contributed by atoms with Gasteiger partial charge >= 0.3 is 0 Å². The van der Waals surface area contributed by atoms with Crippen molar-refractivity contribution < 1.29 is 4.39 Å². The Morgan fingerprint density at radius 1 is 1.15 bits per heavy atom. The lowest BCUT2D eigenvalue weighted by Crippen LogP contribution is -2.10. The van der Waals surface area contributed by atoms with E-state index in [1.54, 1.807) is 0 Å². The molecule has 3 rings (SSSR count). The first-order valence-corrected chi connectivity index (χ1v) is 9.61. The quantitative estimate of drug-likeness (QED) is 0.302. The summed E-state index contributed by atoms with van der Waals surface area (Å²) in [6.45, 7) is 2.02. The summed E-state index contributed by atoms with van der Waals surface area (Å²) in [5.74, 6) is -0.698. The second kappa shape index (κ2) is 8.72. The van der Waals surface area contributed by atoms with Crippen LogP contribution in [0, 0.1) is 17.6 Å². The fourth-order valence-corrected chi connectivity index (χ4v) is 3.68. The zero-order valence-corrected chi connectivity index (χ0v) is 16.9. The van der Waals surface area contributed by atoms with Crippen LogP contribution in [0.1, 0.15) is 40.6 Å². The number of aryl methyl sites for hydroxylation is 1. The van der Waals surface area contributed by atoms with Crippen LogP contribution in [-0.2, 0) is 0 Å². The van der Waals surface area contributed by atoms with Crippen LogP contribution in [0.25, 0.3) is 0 Å². The third-order valence-electron chi connectivity index (χ3n) is 4.63. The van der Waals surface area contributed by atoms with Crippen molar-refractivity contribution in [2.24, 2.45) is 5.18 Å². The molecule has 0 spiro atoms. The van der Waals surface area contributed by atoms with E-state index in [2.05, 4.69) is 26.1 Å². The Labute approximate surface area is 170 Å². The number of pyridine rings is 1. The Hall–Kier alpha value is -2.11. The van der Waals surface area contributed by atoms with E-state index in [0.717, 1.165) is 27.4 Å². The van der Waals surface area contributed by atoms with Gasteiger partial charge in [0, 0.05) is 16.0 Å². The van der Waals surface area contributed by atoms with Gasteiger partial charge in [-0.2, -0.15) is 4.91 Å². The summed E-state index contributed by atoms with van der Waals surface area (Å²) in [5.41, 5.74) is 3.37. The average molecular weight is 448 g/mol. The van der Waals surface area contributed by atoms with Crippen LogP contribution in [0.4, 0.5) is 4.39 Å². The minimum Gasteiger partial charge on any atom is -0.242 e. The largest absolute Gasteiger partial charge is 0.242 e. The van der Waals surface area contributed by atoms with Crippen LogP contribution in [-0.4, -0.2) is 4.98 Å². The van der Waals surface area contributed by atoms with Gasteiger partial charge in [-0.05, 0) is 48.2 Å². The Bertz CT molecular complexity index is 949. The molecule has 1 aromatic heterocycles. The maximum atomic E-state index is 14.3. The lowest BCUT2D eigenvalue weighted by Gasteiger charge is -2.23. The van der Waals surface area contributed by atoms with Crippen LogP contribution in [0.15, 0.2) is 70.4 Å². The molecule has 3 nitrogen and oxygen atoms in total. The fourth-order valence-electron chi connectivity index (χ4n) is 3.25. The molecule has 0 radical (unpaired) electrons. The Balaban J connectivity index is 2.04. The van der Waals surface area contributed by atoms with Crippen molar-refractivity contribution in [1.29, 1.82) is 0 Å². The van der Waals surface area contributed by atoms with Gasteiger partial charge in [-0.25, -0.2) is 9.37 Å². The predicted octanol–water partition coefficient (Wildman–Crippen LogP) is 6.97. The molecule has 2 aromatic carbocycles. The number of rotatable bonds is 6. The molecule has 6 heteroatoms. The molecular weight excluding hydrogens is 431 g/mol. The van der Waals surface area contributed by atoms with E-state index in [1.807, 2.05) is 55.5 Å². The number of nitrogens with zero attached hydrogens (tertiary/aromatic N) is 2. The van der Waals surface area contributed by atoms with Crippen molar-refractivity contribution in [1.82, 2.24) is 4.98 Å². The minimum atomic E-state index is -0.876. The van der Waals surface area contributed by atoms with Gasteiger partial charge in [-0.1, -0.05) is 69.1 Å². The molecule has 0 saturated heterocycles. The first-order valence-electron chi connectivity index (χ1n) is 8.44. The molecule has 3 aromatic rings. The van der Waals surface area contributed by atoms with Gasteiger partial charge in [0.15, 0.2) is 0 Å². The average Bonchev–Trinajstić information content (AvgIpc) is 2.67. The van der Waals surface area contributed by atoms with Crippen LogP contribution in [0.5, 0.6) is 0 Å². The molecule has 0 aliphatic heterocycles. The van der Waals surface area contributed by atoms with Gasteiger partial charge in [-0.15, -0.1) is 0 Å². The first-order chi connectivity index (χ1) is 13.0. The molecule has 0 fully saturated rings. The smallest absolute Gasteiger partial charge is 0.147 e. The first kappa shape index (κ1) is 19.6. The number of halogens is 3. The molecule has 138 valence electrons. The van der Waals surface area contributed by atoms with E-state index in [1.165, 1.54) is 6.07 Å². The highest BCUT2D eigenvalue weighted by atomic mass is 79.9. The summed E-state index contributed by atoms with van der Waals surface area (Å²) < 4.78 is 15.2. The standard InChI is InChI=1S/C21H17BrClFN2O/c1-13-4-2-3-5-16(13)17(14-6-8-15(22)9-7-14)10-20(26-27)18-11-21(23)25-12-19(18)24/h2-9,11-12,17,20H,10H2,1H3.